The fourth-order valence-electron chi connectivity index (χ4n) is 3.45. The van der Waals surface area contributed by atoms with E-state index in [0.717, 1.165) is 18.4 Å². The maximum Gasteiger partial charge on any atom is 0.261 e. The van der Waals surface area contributed by atoms with Gasteiger partial charge < -0.3 is 14.4 Å². The van der Waals surface area contributed by atoms with Gasteiger partial charge in [0.2, 0.25) is 5.89 Å². The zero-order valence-corrected chi connectivity index (χ0v) is 15.0. The van der Waals surface area contributed by atoms with E-state index >= 15 is 0 Å². The number of nitrogens with zero attached hydrogens (tertiary/aromatic N) is 3. The van der Waals surface area contributed by atoms with Crippen molar-refractivity contribution in [3.63, 3.8) is 0 Å². The SMILES string of the molecule is Cc1nc([C@H]2CCCN(C(=O)c3ccc(-c4ccccc4)[nH]c3=O)C2)no1. The summed E-state index contributed by atoms with van der Waals surface area (Å²) in [6, 6.07) is 12.9. The lowest BCUT2D eigenvalue weighted by atomic mass is 9.97. The Labute approximate surface area is 156 Å². The minimum absolute atomic E-state index is 0.0304. The molecule has 1 saturated heterocycles. The van der Waals surface area contributed by atoms with Crippen LogP contribution < -0.4 is 5.56 Å². The number of hydrogen-bond acceptors (Lipinski definition) is 5. The molecule has 1 amide bonds. The molecule has 7 heteroatoms. The molecule has 1 aliphatic rings. The first-order valence-electron chi connectivity index (χ1n) is 9.00. The zero-order chi connectivity index (χ0) is 18.8. The third-order valence-electron chi connectivity index (χ3n) is 4.84. The van der Waals surface area contributed by atoms with Gasteiger partial charge in [-0.15, -0.1) is 0 Å². The van der Waals surface area contributed by atoms with E-state index in [1.165, 1.54) is 0 Å². The average Bonchev–Trinajstić information content (AvgIpc) is 3.14. The Morgan fingerprint density at radius 1 is 1.22 bits per heavy atom. The van der Waals surface area contributed by atoms with E-state index in [0.29, 0.717) is 30.5 Å². The summed E-state index contributed by atoms with van der Waals surface area (Å²) in [6.07, 6.45) is 1.73. The molecular formula is C20H20N4O3. The number of pyridine rings is 1. The molecule has 1 N–H and O–H groups in total. The summed E-state index contributed by atoms with van der Waals surface area (Å²) in [6.45, 7) is 2.85. The molecule has 2 aromatic heterocycles. The van der Waals surface area contributed by atoms with Gasteiger partial charge in [0.05, 0.1) is 0 Å². The molecule has 3 heterocycles. The number of benzene rings is 1. The molecule has 1 atom stereocenters. The van der Waals surface area contributed by atoms with Gasteiger partial charge in [0, 0.05) is 31.6 Å². The molecule has 1 fully saturated rings. The van der Waals surface area contributed by atoms with Crippen molar-refractivity contribution in [2.75, 3.05) is 13.1 Å². The van der Waals surface area contributed by atoms with Crippen molar-refractivity contribution >= 4 is 5.91 Å². The second-order valence-electron chi connectivity index (χ2n) is 6.74. The largest absolute Gasteiger partial charge is 0.340 e. The number of carbonyl (C=O) groups excluding carboxylic acids is 1. The van der Waals surface area contributed by atoms with E-state index in [-0.39, 0.29) is 22.9 Å². The third-order valence-corrected chi connectivity index (χ3v) is 4.84. The monoisotopic (exact) mass is 364 g/mol. The van der Waals surface area contributed by atoms with E-state index < -0.39 is 0 Å². The van der Waals surface area contributed by atoms with E-state index in [1.54, 1.807) is 24.0 Å². The predicted octanol–water partition coefficient (Wildman–Crippen LogP) is 2.75. The standard InChI is InChI=1S/C20H20N4O3/c1-13-21-18(23-27-13)15-8-5-11-24(12-15)20(26)16-9-10-17(22-19(16)25)14-6-3-2-4-7-14/h2-4,6-7,9-10,15H,5,8,11-12H2,1H3,(H,22,25)/t15-/m0/s1. The van der Waals surface area contributed by atoms with Crippen LogP contribution in [0.3, 0.4) is 0 Å². The van der Waals surface area contributed by atoms with Gasteiger partial charge in [-0.25, -0.2) is 0 Å². The summed E-state index contributed by atoms with van der Waals surface area (Å²) in [7, 11) is 0. The molecule has 0 saturated carbocycles. The minimum atomic E-state index is -0.376. The van der Waals surface area contributed by atoms with Crippen LogP contribution in [0.15, 0.2) is 51.8 Å². The molecule has 1 aromatic carbocycles. The number of nitrogens with one attached hydrogen (secondary N) is 1. The number of aromatic nitrogens is 3. The van der Waals surface area contributed by atoms with Gasteiger partial charge in [-0.05, 0) is 30.5 Å². The van der Waals surface area contributed by atoms with Gasteiger partial charge in [-0.3, -0.25) is 9.59 Å². The van der Waals surface area contributed by atoms with Crippen molar-refractivity contribution in [2.24, 2.45) is 0 Å². The van der Waals surface area contributed by atoms with Crippen molar-refractivity contribution in [2.45, 2.75) is 25.7 Å². The fraction of sp³-hybridized carbons (Fsp3) is 0.300. The molecule has 0 radical (unpaired) electrons. The highest BCUT2D eigenvalue weighted by Crippen LogP contribution is 2.25. The molecule has 4 rings (SSSR count). The molecule has 27 heavy (non-hydrogen) atoms. The van der Waals surface area contributed by atoms with Crippen LogP contribution in [0.5, 0.6) is 0 Å². The lowest BCUT2D eigenvalue weighted by Gasteiger charge is -2.31. The summed E-state index contributed by atoms with van der Waals surface area (Å²) in [5.41, 5.74) is 1.37. The van der Waals surface area contributed by atoms with Crippen molar-refractivity contribution in [1.82, 2.24) is 20.0 Å². The van der Waals surface area contributed by atoms with Crippen LogP contribution in [0.1, 0.15) is 40.8 Å². The fourth-order valence-corrected chi connectivity index (χ4v) is 3.45. The van der Waals surface area contributed by atoms with Gasteiger partial charge in [0.25, 0.3) is 11.5 Å². The Bertz CT molecular complexity index is 1010. The lowest BCUT2D eigenvalue weighted by Crippen LogP contribution is -2.41. The number of aromatic amines is 1. The third kappa shape index (κ3) is 3.53. The number of carbonyl (C=O) groups is 1. The number of aryl methyl sites for hydroxylation is 1. The first-order valence-corrected chi connectivity index (χ1v) is 9.00. The van der Waals surface area contributed by atoms with Crippen molar-refractivity contribution in [1.29, 1.82) is 0 Å². The van der Waals surface area contributed by atoms with Gasteiger partial charge in [0.15, 0.2) is 5.82 Å². The topological polar surface area (TPSA) is 92.1 Å². The highest BCUT2D eigenvalue weighted by molar-refractivity contribution is 5.94. The van der Waals surface area contributed by atoms with E-state index in [1.807, 2.05) is 30.3 Å². The lowest BCUT2D eigenvalue weighted by molar-refractivity contribution is 0.0702. The Kier molecular flexibility index (Phi) is 4.58. The summed E-state index contributed by atoms with van der Waals surface area (Å²) in [5, 5.41) is 3.98. The molecule has 0 bridgehead atoms. The number of H-pyrrole nitrogens is 1. The molecule has 7 nitrogen and oxygen atoms in total. The summed E-state index contributed by atoms with van der Waals surface area (Å²) in [5.74, 6) is 0.906. The molecule has 138 valence electrons. The second-order valence-corrected chi connectivity index (χ2v) is 6.74. The summed E-state index contributed by atoms with van der Waals surface area (Å²) >= 11 is 0. The minimum Gasteiger partial charge on any atom is -0.340 e. The Morgan fingerprint density at radius 2 is 2.04 bits per heavy atom. The first kappa shape index (κ1) is 17.2. The van der Waals surface area contributed by atoms with E-state index in [4.69, 9.17) is 4.52 Å². The normalized spacial score (nSPS) is 17.1. The van der Waals surface area contributed by atoms with Gasteiger partial charge in [-0.2, -0.15) is 4.98 Å². The van der Waals surface area contributed by atoms with Crippen LogP contribution in [0.4, 0.5) is 0 Å². The zero-order valence-electron chi connectivity index (χ0n) is 15.0. The van der Waals surface area contributed by atoms with Crippen LogP contribution >= 0.6 is 0 Å². The average molecular weight is 364 g/mol. The molecule has 0 spiro atoms. The summed E-state index contributed by atoms with van der Waals surface area (Å²) < 4.78 is 5.05. The van der Waals surface area contributed by atoms with Gasteiger partial charge >= 0.3 is 0 Å². The Hall–Kier alpha value is -3.22. The number of likely N-dealkylation sites (tertiary alicyclic amines) is 1. The van der Waals surface area contributed by atoms with Gasteiger partial charge in [-0.1, -0.05) is 35.5 Å². The molecule has 3 aromatic rings. The number of rotatable bonds is 3. The Morgan fingerprint density at radius 3 is 2.74 bits per heavy atom. The van der Waals surface area contributed by atoms with Crippen LogP contribution in [-0.4, -0.2) is 39.0 Å². The number of hydrogen-bond donors (Lipinski definition) is 1. The Balaban J connectivity index is 1.54. The van der Waals surface area contributed by atoms with Crippen LogP contribution in [0.25, 0.3) is 11.3 Å². The van der Waals surface area contributed by atoms with E-state index in [9.17, 15) is 9.59 Å². The maximum atomic E-state index is 12.9. The van der Waals surface area contributed by atoms with Gasteiger partial charge in [0.1, 0.15) is 5.56 Å². The van der Waals surface area contributed by atoms with Crippen molar-refractivity contribution in [3.05, 3.63) is 70.1 Å². The highest BCUT2D eigenvalue weighted by atomic mass is 16.5. The van der Waals surface area contributed by atoms with Crippen molar-refractivity contribution in [3.8, 4) is 11.3 Å². The van der Waals surface area contributed by atoms with Crippen LogP contribution in [0, 0.1) is 6.92 Å². The smallest absolute Gasteiger partial charge is 0.261 e. The number of amides is 1. The summed E-state index contributed by atoms with van der Waals surface area (Å²) in [4.78, 5) is 34.2. The van der Waals surface area contributed by atoms with Crippen LogP contribution in [-0.2, 0) is 0 Å². The number of piperidine rings is 1. The van der Waals surface area contributed by atoms with E-state index in [2.05, 4.69) is 15.1 Å². The quantitative estimate of drug-likeness (QED) is 0.771. The highest BCUT2D eigenvalue weighted by Gasteiger charge is 2.29. The van der Waals surface area contributed by atoms with Crippen molar-refractivity contribution < 1.29 is 9.32 Å². The second kappa shape index (κ2) is 7.19. The molecule has 0 unspecified atom stereocenters. The van der Waals surface area contributed by atoms with Crippen LogP contribution in [0.2, 0.25) is 0 Å². The molecule has 1 aliphatic heterocycles. The predicted molar refractivity (Wildman–Crippen MR) is 99.4 cm³/mol. The first-order chi connectivity index (χ1) is 13.1. The molecule has 0 aliphatic carbocycles. The maximum absolute atomic E-state index is 12.9. The molecular weight excluding hydrogens is 344 g/mol.